The zero-order valence-corrected chi connectivity index (χ0v) is 19.1. The van der Waals surface area contributed by atoms with Crippen molar-refractivity contribution < 1.29 is 17.6 Å². The first kappa shape index (κ1) is 23.1. The second kappa shape index (κ2) is 9.80. The highest BCUT2D eigenvalue weighted by atomic mass is 32.2. The van der Waals surface area contributed by atoms with Gasteiger partial charge in [-0.3, -0.25) is 9.78 Å². The molecule has 34 heavy (non-hydrogen) atoms. The number of nitrogens with one attached hydrogen (secondary N) is 1. The van der Waals surface area contributed by atoms with Crippen LogP contribution in [0.3, 0.4) is 0 Å². The van der Waals surface area contributed by atoms with Gasteiger partial charge in [-0.25, -0.2) is 12.8 Å². The maximum atomic E-state index is 13.5. The third-order valence-electron chi connectivity index (χ3n) is 5.20. The molecule has 1 amide bonds. The van der Waals surface area contributed by atoms with Gasteiger partial charge >= 0.3 is 0 Å². The number of rotatable bonds is 6. The molecule has 5 nitrogen and oxygen atoms in total. The lowest BCUT2D eigenvalue weighted by Crippen LogP contribution is -2.08. The van der Waals surface area contributed by atoms with Gasteiger partial charge in [-0.15, -0.1) is 0 Å². The summed E-state index contributed by atoms with van der Waals surface area (Å²) in [6.07, 6.45) is 9.27. The van der Waals surface area contributed by atoms with Gasteiger partial charge in [0, 0.05) is 41.2 Å². The Morgan fingerprint density at radius 1 is 0.941 bits per heavy atom. The van der Waals surface area contributed by atoms with Crippen molar-refractivity contribution in [1.82, 2.24) is 4.98 Å². The number of fused-ring (bicyclic) bond motifs is 1. The Balaban J connectivity index is 1.62. The molecular weight excluding hydrogens is 451 g/mol. The number of hydrogen-bond acceptors (Lipinski definition) is 4. The Morgan fingerprint density at radius 3 is 2.29 bits per heavy atom. The molecule has 0 aliphatic heterocycles. The number of pyridine rings is 1. The molecular formula is C27H21FN2O3S. The third kappa shape index (κ3) is 5.44. The van der Waals surface area contributed by atoms with Crippen molar-refractivity contribution in [2.24, 2.45) is 0 Å². The molecule has 0 aliphatic rings. The molecule has 0 saturated heterocycles. The number of carbonyl (C=O) groups is 1. The van der Waals surface area contributed by atoms with Crippen LogP contribution >= 0.6 is 0 Å². The standard InChI is InChI=1S/C27H21FN2O3S/c1-34(32,33)23-14-10-20(11-15-23)24(19-8-12-22(28)13-9-19)5-3-7-27(31)30-26-6-2-4-21-18-29-17-16-25(21)26/h2-18H,1H3,(H,30,31). The zero-order chi connectivity index (χ0) is 24.1. The van der Waals surface area contributed by atoms with Gasteiger partial charge in [0.2, 0.25) is 5.91 Å². The molecule has 1 N–H and O–H groups in total. The first-order chi connectivity index (χ1) is 16.3. The van der Waals surface area contributed by atoms with Crippen LogP contribution in [0.4, 0.5) is 10.1 Å². The monoisotopic (exact) mass is 472 g/mol. The van der Waals surface area contributed by atoms with Gasteiger partial charge in [-0.2, -0.15) is 0 Å². The van der Waals surface area contributed by atoms with Crippen LogP contribution < -0.4 is 5.32 Å². The van der Waals surface area contributed by atoms with Gasteiger partial charge in [0.25, 0.3) is 0 Å². The Bertz CT molecular complexity index is 1500. The normalized spacial score (nSPS) is 12.2. The molecule has 0 aliphatic carbocycles. The topological polar surface area (TPSA) is 76.1 Å². The van der Waals surface area contributed by atoms with Crippen molar-refractivity contribution in [2.45, 2.75) is 4.90 Å². The molecule has 1 aromatic heterocycles. The largest absolute Gasteiger partial charge is 0.322 e. The van der Waals surface area contributed by atoms with E-state index in [0.717, 1.165) is 28.2 Å². The molecule has 0 bridgehead atoms. The minimum atomic E-state index is -3.33. The fourth-order valence-corrected chi connectivity index (χ4v) is 4.14. The highest BCUT2D eigenvalue weighted by Crippen LogP contribution is 2.26. The van der Waals surface area contributed by atoms with Crippen molar-refractivity contribution >= 4 is 37.8 Å². The molecule has 4 rings (SSSR count). The second-order valence-electron chi connectivity index (χ2n) is 7.63. The predicted octanol–water partition coefficient (Wildman–Crippen LogP) is 5.40. The van der Waals surface area contributed by atoms with E-state index in [1.165, 1.54) is 30.3 Å². The molecule has 0 saturated carbocycles. The van der Waals surface area contributed by atoms with E-state index in [1.807, 2.05) is 24.3 Å². The SMILES string of the molecule is CS(=O)(=O)c1ccc(C(=CC=CC(=O)Nc2cccc3cnccc23)c2ccc(F)cc2)cc1. The molecule has 0 atom stereocenters. The summed E-state index contributed by atoms with van der Waals surface area (Å²) in [7, 11) is -3.33. The number of allylic oxidation sites excluding steroid dienone is 2. The Morgan fingerprint density at radius 2 is 1.62 bits per heavy atom. The van der Waals surface area contributed by atoms with Crippen molar-refractivity contribution in [3.63, 3.8) is 0 Å². The Kier molecular flexibility index (Phi) is 6.65. The van der Waals surface area contributed by atoms with Crippen LogP contribution in [-0.2, 0) is 14.6 Å². The van der Waals surface area contributed by atoms with Crippen LogP contribution in [-0.4, -0.2) is 25.6 Å². The number of amides is 1. The van der Waals surface area contributed by atoms with Gasteiger partial charge in [-0.1, -0.05) is 48.6 Å². The molecule has 4 aromatic rings. The molecule has 0 fully saturated rings. The van der Waals surface area contributed by atoms with E-state index >= 15 is 0 Å². The van der Waals surface area contributed by atoms with Crippen LogP contribution in [0.15, 0.2) is 108 Å². The summed E-state index contributed by atoms with van der Waals surface area (Å²) < 4.78 is 37.0. The minimum absolute atomic E-state index is 0.204. The number of sulfone groups is 1. The second-order valence-corrected chi connectivity index (χ2v) is 9.65. The molecule has 1 heterocycles. The van der Waals surface area contributed by atoms with E-state index < -0.39 is 9.84 Å². The number of anilines is 1. The highest BCUT2D eigenvalue weighted by molar-refractivity contribution is 7.90. The zero-order valence-electron chi connectivity index (χ0n) is 18.3. The van der Waals surface area contributed by atoms with E-state index in [1.54, 1.807) is 48.8 Å². The molecule has 0 radical (unpaired) electrons. The molecule has 3 aromatic carbocycles. The number of carbonyl (C=O) groups excluding carboxylic acids is 1. The first-order valence-electron chi connectivity index (χ1n) is 10.4. The molecule has 7 heteroatoms. The van der Waals surface area contributed by atoms with E-state index in [9.17, 15) is 17.6 Å². The maximum Gasteiger partial charge on any atom is 0.248 e. The quantitative estimate of drug-likeness (QED) is 0.301. The summed E-state index contributed by atoms with van der Waals surface area (Å²) in [4.78, 5) is 16.8. The predicted molar refractivity (Wildman–Crippen MR) is 133 cm³/mol. The van der Waals surface area contributed by atoms with Crippen LogP contribution in [0.2, 0.25) is 0 Å². The van der Waals surface area contributed by atoms with Gasteiger partial charge in [0.1, 0.15) is 5.82 Å². The van der Waals surface area contributed by atoms with Gasteiger partial charge < -0.3 is 5.32 Å². The smallest absolute Gasteiger partial charge is 0.248 e. The minimum Gasteiger partial charge on any atom is -0.322 e. The van der Waals surface area contributed by atoms with E-state index in [2.05, 4.69) is 10.3 Å². The summed E-state index contributed by atoms with van der Waals surface area (Å²) in [6, 6.07) is 19.8. The average Bonchev–Trinajstić information content (AvgIpc) is 2.82. The van der Waals surface area contributed by atoms with Gasteiger partial charge in [-0.05, 0) is 53.1 Å². The summed E-state index contributed by atoms with van der Waals surface area (Å²) in [5, 5.41) is 4.67. The third-order valence-corrected chi connectivity index (χ3v) is 6.33. The number of hydrogen-bond donors (Lipinski definition) is 1. The van der Waals surface area contributed by atoms with Crippen LogP contribution in [0.1, 0.15) is 11.1 Å². The summed E-state index contributed by atoms with van der Waals surface area (Å²) >= 11 is 0. The Labute approximate surface area is 197 Å². The fraction of sp³-hybridized carbons (Fsp3) is 0.0370. The lowest BCUT2D eigenvalue weighted by molar-refractivity contribution is -0.111. The van der Waals surface area contributed by atoms with Crippen molar-refractivity contribution in [2.75, 3.05) is 11.6 Å². The average molecular weight is 473 g/mol. The van der Waals surface area contributed by atoms with E-state index in [4.69, 9.17) is 0 Å². The number of benzene rings is 3. The number of halogens is 1. The van der Waals surface area contributed by atoms with Crippen LogP contribution in [0.25, 0.3) is 16.3 Å². The first-order valence-corrected chi connectivity index (χ1v) is 12.3. The molecule has 0 unspecified atom stereocenters. The maximum absolute atomic E-state index is 13.5. The summed E-state index contributed by atoms with van der Waals surface area (Å²) in [5.41, 5.74) is 2.83. The van der Waals surface area contributed by atoms with Crippen molar-refractivity contribution in [3.8, 4) is 0 Å². The number of aromatic nitrogens is 1. The van der Waals surface area contributed by atoms with E-state index in [-0.39, 0.29) is 16.6 Å². The molecule has 170 valence electrons. The van der Waals surface area contributed by atoms with E-state index in [0.29, 0.717) is 11.3 Å². The number of nitrogens with zero attached hydrogens (tertiary/aromatic N) is 1. The lowest BCUT2D eigenvalue weighted by atomic mass is 9.97. The Hall–Kier alpha value is -4.10. The highest BCUT2D eigenvalue weighted by Gasteiger charge is 2.10. The van der Waals surface area contributed by atoms with Crippen molar-refractivity contribution in [1.29, 1.82) is 0 Å². The van der Waals surface area contributed by atoms with Crippen LogP contribution in [0.5, 0.6) is 0 Å². The summed E-state index contributed by atoms with van der Waals surface area (Å²) in [5.74, 6) is -0.679. The molecule has 0 spiro atoms. The lowest BCUT2D eigenvalue weighted by Gasteiger charge is -2.09. The van der Waals surface area contributed by atoms with Gasteiger partial charge in [0.05, 0.1) is 4.90 Å². The fourth-order valence-electron chi connectivity index (χ4n) is 3.51. The van der Waals surface area contributed by atoms with Crippen molar-refractivity contribution in [3.05, 3.63) is 120 Å². The summed E-state index contributed by atoms with van der Waals surface area (Å²) in [6.45, 7) is 0. The van der Waals surface area contributed by atoms with Gasteiger partial charge in [0.15, 0.2) is 9.84 Å². The van der Waals surface area contributed by atoms with Crippen LogP contribution in [0, 0.1) is 5.82 Å².